The third kappa shape index (κ3) is 4.28. The van der Waals surface area contributed by atoms with E-state index in [1.54, 1.807) is 19.3 Å². The van der Waals surface area contributed by atoms with Gasteiger partial charge in [-0.05, 0) is 71.6 Å². The quantitative estimate of drug-likeness (QED) is 0.484. The largest absolute Gasteiger partial charge is 0.496 e. The number of carbonyl (C=O) groups is 3. The van der Waals surface area contributed by atoms with Crippen molar-refractivity contribution in [3.63, 3.8) is 0 Å². The average Bonchev–Trinajstić information content (AvgIpc) is 3.29. The third-order valence-electron chi connectivity index (χ3n) is 4.76. The molecule has 1 saturated heterocycles. The Kier molecular flexibility index (Phi) is 6.36. The van der Waals surface area contributed by atoms with Crippen LogP contribution in [0.15, 0.2) is 33.6 Å². The molecule has 1 aliphatic heterocycles. The monoisotopic (exact) mass is 429 g/mol. The van der Waals surface area contributed by atoms with Crippen LogP contribution in [-0.2, 0) is 16.1 Å². The van der Waals surface area contributed by atoms with E-state index >= 15 is 0 Å². The van der Waals surface area contributed by atoms with Crippen molar-refractivity contribution in [3.8, 4) is 5.75 Å². The van der Waals surface area contributed by atoms with Gasteiger partial charge in [-0.2, -0.15) is 0 Å². The van der Waals surface area contributed by atoms with Crippen LogP contribution in [0.1, 0.15) is 52.8 Å². The fraction of sp³-hybridized carbons (Fsp3) is 0.318. The average molecular weight is 429 g/mol. The Morgan fingerprint density at radius 1 is 1.23 bits per heavy atom. The number of esters is 1. The first-order valence-electron chi connectivity index (χ1n) is 9.36. The number of methoxy groups -OCH3 is 2. The van der Waals surface area contributed by atoms with E-state index < -0.39 is 17.1 Å². The maximum Gasteiger partial charge on any atom is 0.373 e. The van der Waals surface area contributed by atoms with Gasteiger partial charge in [-0.1, -0.05) is 13.8 Å². The van der Waals surface area contributed by atoms with Crippen molar-refractivity contribution in [3.05, 3.63) is 57.4 Å². The number of furan rings is 1. The lowest BCUT2D eigenvalue weighted by Crippen LogP contribution is -2.27. The summed E-state index contributed by atoms with van der Waals surface area (Å²) in [6.45, 7) is 6.01. The molecule has 1 aliphatic rings. The lowest BCUT2D eigenvalue weighted by molar-refractivity contribution is -0.123. The van der Waals surface area contributed by atoms with E-state index in [-0.39, 0.29) is 18.2 Å². The fourth-order valence-electron chi connectivity index (χ4n) is 3.11. The van der Waals surface area contributed by atoms with Gasteiger partial charge in [0.1, 0.15) is 11.5 Å². The molecule has 0 spiro atoms. The second kappa shape index (κ2) is 8.79. The van der Waals surface area contributed by atoms with Crippen LogP contribution >= 0.6 is 11.8 Å². The number of hydrogen-bond donors (Lipinski definition) is 0. The molecule has 2 heterocycles. The molecule has 0 radical (unpaired) electrons. The minimum atomic E-state index is -0.619. The van der Waals surface area contributed by atoms with Gasteiger partial charge in [0.15, 0.2) is 0 Å². The Balaban J connectivity index is 1.85. The summed E-state index contributed by atoms with van der Waals surface area (Å²) in [5.74, 6) is 0.359. The first kappa shape index (κ1) is 21.7. The Morgan fingerprint density at radius 2 is 1.97 bits per heavy atom. The number of hydrogen-bond acceptors (Lipinski definition) is 7. The molecule has 1 fully saturated rings. The number of rotatable bonds is 6. The van der Waals surface area contributed by atoms with Crippen molar-refractivity contribution in [1.29, 1.82) is 0 Å². The summed E-state index contributed by atoms with van der Waals surface area (Å²) >= 11 is 0.880. The summed E-state index contributed by atoms with van der Waals surface area (Å²) in [6.07, 6.45) is 1.73. The van der Waals surface area contributed by atoms with E-state index in [1.165, 1.54) is 13.2 Å². The Bertz CT molecular complexity index is 1040. The van der Waals surface area contributed by atoms with Gasteiger partial charge >= 0.3 is 5.97 Å². The number of nitrogens with zero attached hydrogens (tertiary/aromatic N) is 1. The van der Waals surface area contributed by atoms with E-state index in [0.29, 0.717) is 10.7 Å². The molecule has 0 unspecified atom stereocenters. The standard InChI is InChI=1S/C22H23NO6S/c1-12(2)16-9-14(13(3)8-18(16)27-4)10-19-20(24)23(22(26)30-19)11-15-6-7-17(29-15)21(25)28-5/h6-10,12H,11H2,1-5H3/b19-10+. The number of thioether (sulfide) groups is 1. The van der Waals surface area contributed by atoms with Crippen LogP contribution in [0.25, 0.3) is 6.08 Å². The molecular weight excluding hydrogens is 406 g/mol. The van der Waals surface area contributed by atoms with E-state index in [2.05, 4.69) is 18.6 Å². The molecule has 0 aliphatic carbocycles. The molecular formula is C22H23NO6S. The van der Waals surface area contributed by atoms with Crippen molar-refractivity contribution in [2.24, 2.45) is 0 Å². The van der Waals surface area contributed by atoms with Crippen molar-refractivity contribution >= 4 is 35.0 Å². The summed E-state index contributed by atoms with van der Waals surface area (Å²) in [4.78, 5) is 38.2. The number of carbonyl (C=O) groups excluding carboxylic acids is 3. The smallest absolute Gasteiger partial charge is 0.373 e. The topological polar surface area (TPSA) is 86.0 Å². The van der Waals surface area contributed by atoms with Gasteiger partial charge < -0.3 is 13.9 Å². The molecule has 0 saturated carbocycles. The highest BCUT2D eigenvalue weighted by Gasteiger charge is 2.36. The second-order valence-corrected chi connectivity index (χ2v) is 8.12. The van der Waals surface area contributed by atoms with Crippen molar-refractivity contribution in [2.45, 2.75) is 33.2 Å². The highest BCUT2D eigenvalue weighted by Crippen LogP contribution is 2.36. The predicted molar refractivity (Wildman–Crippen MR) is 113 cm³/mol. The molecule has 1 aromatic carbocycles. The maximum absolute atomic E-state index is 12.8. The zero-order valence-corrected chi connectivity index (χ0v) is 18.3. The minimum absolute atomic E-state index is 0.0186. The van der Waals surface area contributed by atoms with Crippen LogP contribution in [0.3, 0.4) is 0 Å². The van der Waals surface area contributed by atoms with Gasteiger partial charge in [0, 0.05) is 0 Å². The molecule has 8 heteroatoms. The number of imide groups is 1. The summed E-state index contributed by atoms with van der Waals surface area (Å²) in [7, 11) is 2.88. The van der Waals surface area contributed by atoms with Gasteiger partial charge in [0.2, 0.25) is 5.76 Å². The van der Waals surface area contributed by atoms with Crippen LogP contribution < -0.4 is 4.74 Å². The lowest BCUT2D eigenvalue weighted by Gasteiger charge is -2.15. The molecule has 3 rings (SSSR count). The van der Waals surface area contributed by atoms with Crippen molar-refractivity contribution in [2.75, 3.05) is 14.2 Å². The lowest BCUT2D eigenvalue weighted by atomic mass is 9.96. The van der Waals surface area contributed by atoms with E-state index in [0.717, 1.165) is 39.1 Å². The summed E-state index contributed by atoms with van der Waals surface area (Å²) in [5, 5.41) is -0.391. The van der Waals surface area contributed by atoms with Gasteiger partial charge in [-0.3, -0.25) is 14.5 Å². The molecule has 1 aromatic heterocycles. The van der Waals surface area contributed by atoms with E-state index in [4.69, 9.17) is 9.15 Å². The van der Waals surface area contributed by atoms with Crippen LogP contribution in [0.2, 0.25) is 0 Å². The summed E-state index contributed by atoms with van der Waals surface area (Å²) in [6, 6.07) is 6.91. The SMILES string of the molecule is COC(=O)c1ccc(CN2C(=O)S/C(=C/c3cc(C(C)C)c(OC)cc3C)C2=O)o1. The van der Waals surface area contributed by atoms with Gasteiger partial charge in [0.25, 0.3) is 11.1 Å². The van der Waals surface area contributed by atoms with Crippen molar-refractivity contribution < 1.29 is 28.3 Å². The first-order chi connectivity index (χ1) is 14.2. The van der Waals surface area contributed by atoms with E-state index in [1.807, 2.05) is 19.1 Å². The molecule has 0 atom stereocenters. The zero-order chi connectivity index (χ0) is 22.0. The van der Waals surface area contributed by atoms with Crippen LogP contribution in [0.5, 0.6) is 5.75 Å². The molecule has 158 valence electrons. The van der Waals surface area contributed by atoms with E-state index in [9.17, 15) is 14.4 Å². The molecule has 30 heavy (non-hydrogen) atoms. The summed E-state index contributed by atoms with van der Waals surface area (Å²) < 4.78 is 15.4. The van der Waals surface area contributed by atoms with Gasteiger partial charge in [-0.25, -0.2) is 4.79 Å². The van der Waals surface area contributed by atoms with Gasteiger partial charge in [0.05, 0.1) is 25.7 Å². The normalized spacial score (nSPS) is 15.4. The number of aryl methyl sites for hydroxylation is 1. The highest BCUT2D eigenvalue weighted by atomic mass is 32.2. The van der Waals surface area contributed by atoms with Crippen molar-refractivity contribution in [1.82, 2.24) is 4.90 Å². The Morgan fingerprint density at radius 3 is 2.60 bits per heavy atom. The number of amides is 2. The molecule has 0 N–H and O–H groups in total. The maximum atomic E-state index is 12.8. The molecule has 0 bridgehead atoms. The number of benzene rings is 1. The molecule has 2 aromatic rings. The fourth-order valence-corrected chi connectivity index (χ4v) is 3.94. The molecule has 7 nitrogen and oxygen atoms in total. The zero-order valence-electron chi connectivity index (χ0n) is 17.5. The number of ether oxygens (including phenoxy) is 2. The Labute approximate surface area is 179 Å². The second-order valence-electron chi connectivity index (χ2n) is 7.13. The predicted octanol–water partition coefficient (Wildman–Crippen LogP) is 4.74. The van der Waals surface area contributed by atoms with Crippen LogP contribution in [0, 0.1) is 6.92 Å². The minimum Gasteiger partial charge on any atom is -0.496 e. The third-order valence-corrected chi connectivity index (χ3v) is 5.67. The summed E-state index contributed by atoms with van der Waals surface area (Å²) in [5.41, 5.74) is 2.83. The molecule has 2 amide bonds. The van der Waals surface area contributed by atoms with Crippen LogP contribution in [-0.4, -0.2) is 36.2 Å². The van der Waals surface area contributed by atoms with Crippen LogP contribution in [0.4, 0.5) is 4.79 Å². The Hall–Kier alpha value is -3.00. The first-order valence-corrected chi connectivity index (χ1v) is 10.2. The highest BCUT2D eigenvalue weighted by molar-refractivity contribution is 8.18. The van der Waals surface area contributed by atoms with Gasteiger partial charge in [-0.15, -0.1) is 0 Å².